The van der Waals surface area contributed by atoms with Gasteiger partial charge in [0.1, 0.15) is 0 Å². The molecule has 1 aromatic carbocycles. The fraction of sp³-hybridized carbons (Fsp3) is 0.231. The van der Waals surface area contributed by atoms with Crippen molar-refractivity contribution in [3.05, 3.63) is 46.6 Å². The SMILES string of the molecule is CNC(=S)Nc1cc(C)n(Cc2cccc(Cl)c2)n1. The van der Waals surface area contributed by atoms with E-state index in [0.29, 0.717) is 11.7 Å². The summed E-state index contributed by atoms with van der Waals surface area (Å²) in [6.45, 7) is 2.69. The second kappa shape index (κ2) is 6.04. The van der Waals surface area contributed by atoms with Crippen molar-refractivity contribution in [3.63, 3.8) is 0 Å². The summed E-state index contributed by atoms with van der Waals surface area (Å²) in [6, 6.07) is 9.71. The third-order valence-corrected chi connectivity index (χ3v) is 3.21. The second-order valence-electron chi connectivity index (χ2n) is 4.16. The molecule has 0 atom stereocenters. The normalized spacial score (nSPS) is 10.3. The standard InChI is InChI=1S/C13H15ClN4S/c1-9-6-12(16-13(19)15-2)17-18(9)8-10-4-3-5-11(14)7-10/h3-7H,8H2,1-2H3,(H2,15,16,17,19). The summed E-state index contributed by atoms with van der Waals surface area (Å²) in [4.78, 5) is 0. The summed E-state index contributed by atoms with van der Waals surface area (Å²) in [5.41, 5.74) is 2.17. The third kappa shape index (κ3) is 3.68. The van der Waals surface area contributed by atoms with Crippen LogP contribution in [0, 0.1) is 6.92 Å². The topological polar surface area (TPSA) is 41.9 Å². The highest BCUT2D eigenvalue weighted by atomic mass is 35.5. The smallest absolute Gasteiger partial charge is 0.171 e. The largest absolute Gasteiger partial charge is 0.365 e. The highest BCUT2D eigenvalue weighted by Crippen LogP contribution is 2.14. The molecule has 2 rings (SSSR count). The van der Waals surface area contributed by atoms with Crippen molar-refractivity contribution in [2.45, 2.75) is 13.5 Å². The number of benzene rings is 1. The van der Waals surface area contributed by atoms with E-state index in [9.17, 15) is 0 Å². The fourth-order valence-electron chi connectivity index (χ4n) is 1.72. The van der Waals surface area contributed by atoms with E-state index < -0.39 is 0 Å². The molecule has 0 aliphatic carbocycles. The van der Waals surface area contributed by atoms with Crippen molar-refractivity contribution >= 4 is 34.7 Å². The second-order valence-corrected chi connectivity index (χ2v) is 5.01. The van der Waals surface area contributed by atoms with E-state index in [-0.39, 0.29) is 0 Å². The first-order chi connectivity index (χ1) is 9.08. The lowest BCUT2D eigenvalue weighted by atomic mass is 10.2. The molecular formula is C13H15ClN4S. The van der Waals surface area contributed by atoms with Gasteiger partial charge in [-0.3, -0.25) is 4.68 Å². The van der Waals surface area contributed by atoms with Crippen molar-refractivity contribution in [3.8, 4) is 0 Å². The molecule has 2 N–H and O–H groups in total. The zero-order valence-electron chi connectivity index (χ0n) is 10.8. The first-order valence-corrected chi connectivity index (χ1v) is 6.65. The van der Waals surface area contributed by atoms with Gasteiger partial charge in [-0.2, -0.15) is 5.10 Å². The molecule has 19 heavy (non-hydrogen) atoms. The molecule has 0 radical (unpaired) electrons. The molecule has 0 amide bonds. The first-order valence-electron chi connectivity index (χ1n) is 5.86. The Bertz CT molecular complexity index is 594. The molecule has 1 heterocycles. The Morgan fingerprint density at radius 1 is 1.42 bits per heavy atom. The quantitative estimate of drug-likeness (QED) is 0.854. The van der Waals surface area contributed by atoms with Crippen molar-refractivity contribution in [1.29, 1.82) is 0 Å². The summed E-state index contributed by atoms with van der Waals surface area (Å²) in [5.74, 6) is 0.735. The van der Waals surface area contributed by atoms with Gasteiger partial charge in [-0.05, 0) is 36.8 Å². The molecule has 0 aliphatic rings. The zero-order valence-corrected chi connectivity index (χ0v) is 12.3. The van der Waals surface area contributed by atoms with Gasteiger partial charge in [-0.15, -0.1) is 0 Å². The Balaban J connectivity index is 2.15. The molecule has 2 aromatic rings. The fourth-order valence-corrected chi connectivity index (χ4v) is 2.04. The Morgan fingerprint density at radius 3 is 2.89 bits per heavy atom. The van der Waals surface area contributed by atoms with Gasteiger partial charge >= 0.3 is 0 Å². The lowest BCUT2D eigenvalue weighted by Crippen LogP contribution is -2.24. The zero-order chi connectivity index (χ0) is 13.8. The van der Waals surface area contributed by atoms with E-state index in [1.807, 2.05) is 41.9 Å². The number of halogens is 1. The molecule has 0 fully saturated rings. The summed E-state index contributed by atoms with van der Waals surface area (Å²) in [6.07, 6.45) is 0. The van der Waals surface area contributed by atoms with Gasteiger partial charge in [0.2, 0.25) is 0 Å². The lowest BCUT2D eigenvalue weighted by molar-refractivity contribution is 0.668. The van der Waals surface area contributed by atoms with E-state index in [4.69, 9.17) is 23.8 Å². The highest BCUT2D eigenvalue weighted by molar-refractivity contribution is 7.80. The Labute approximate surface area is 122 Å². The molecule has 100 valence electrons. The first kappa shape index (κ1) is 13.8. The number of nitrogens with zero attached hydrogens (tertiary/aromatic N) is 2. The number of anilines is 1. The number of hydrogen-bond acceptors (Lipinski definition) is 2. The summed E-state index contributed by atoms with van der Waals surface area (Å²) in [7, 11) is 1.77. The van der Waals surface area contributed by atoms with Crippen LogP contribution in [0.2, 0.25) is 5.02 Å². The van der Waals surface area contributed by atoms with Crippen molar-refractivity contribution in [1.82, 2.24) is 15.1 Å². The number of nitrogens with one attached hydrogen (secondary N) is 2. The number of rotatable bonds is 3. The molecule has 1 aromatic heterocycles. The molecule has 0 saturated heterocycles. The summed E-state index contributed by atoms with van der Waals surface area (Å²) in [5, 5.41) is 11.6. The minimum Gasteiger partial charge on any atom is -0.365 e. The van der Waals surface area contributed by atoms with Crippen molar-refractivity contribution in [2.24, 2.45) is 0 Å². The van der Waals surface area contributed by atoms with Gasteiger partial charge in [-0.1, -0.05) is 23.7 Å². The van der Waals surface area contributed by atoms with Crippen LogP contribution < -0.4 is 10.6 Å². The maximum absolute atomic E-state index is 5.98. The highest BCUT2D eigenvalue weighted by Gasteiger charge is 2.06. The van der Waals surface area contributed by atoms with E-state index in [1.54, 1.807) is 7.05 Å². The van der Waals surface area contributed by atoms with Crippen LogP contribution >= 0.6 is 23.8 Å². The van der Waals surface area contributed by atoms with Crippen LogP contribution in [0.1, 0.15) is 11.3 Å². The van der Waals surface area contributed by atoms with Crippen LogP contribution in [0.25, 0.3) is 0 Å². The number of hydrogen-bond donors (Lipinski definition) is 2. The average molecular weight is 295 g/mol. The maximum atomic E-state index is 5.98. The van der Waals surface area contributed by atoms with Gasteiger partial charge in [0.15, 0.2) is 10.9 Å². The van der Waals surface area contributed by atoms with Gasteiger partial charge in [0.05, 0.1) is 6.54 Å². The Hall–Kier alpha value is -1.59. The van der Waals surface area contributed by atoms with E-state index in [2.05, 4.69) is 15.7 Å². The number of aromatic nitrogens is 2. The molecular weight excluding hydrogens is 280 g/mol. The molecule has 4 nitrogen and oxygen atoms in total. The Morgan fingerprint density at radius 2 is 2.21 bits per heavy atom. The predicted octanol–water partition coefficient (Wildman–Crippen LogP) is 2.81. The average Bonchev–Trinajstić information content (AvgIpc) is 2.69. The van der Waals surface area contributed by atoms with Crippen molar-refractivity contribution < 1.29 is 0 Å². The summed E-state index contributed by atoms with van der Waals surface area (Å²) < 4.78 is 1.91. The van der Waals surface area contributed by atoms with Crippen LogP contribution in [-0.2, 0) is 6.54 Å². The molecule has 0 unspecified atom stereocenters. The predicted molar refractivity (Wildman–Crippen MR) is 82.8 cm³/mol. The van der Waals surface area contributed by atoms with Crippen molar-refractivity contribution in [2.75, 3.05) is 12.4 Å². The van der Waals surface area contributed by atoms with Gasteiger partial charge in [0, 0.05) is 23.8 Å². The van der Waals surface area contributed by atoms with E-state index in [1.165, 1.54) is 0 Å². The van der Waals surface area contributed by atoms with Gasteiger partial charge < -0.3 is 10.6 Å². The molecule has 6 heteroatoms. The van der Waals surface area contributed by atoms with E-state index >= 15 is 0 Å². The van der Waals surface area contributed by atoms with Crippen LogP contribution in [0.4, 0.5) is 5.82 Å². The third-order valence-electron chi connectivity index (χ3n) is 2.67. The van der Waals surface area contributed by atoms with Crippen LogP contribution in [0.5, 0.6) is 0 Å². The number of aryl methyl sites for hydroxylation is 1. The molecule has 0 aliphatic heterocycles. The molecule has 0 bridgehead atoms. The minimum atomic E-state index is 0.549. The van der Waals surface area contributed by atoms with Crippen LogP contribution in [0.15, 0.2) is 30.3 Å². The maximum Gasteiger partial charge on any atom is 0.171 e. The number of thiocarbonyl (C=S) groups is 1. The van der Waals surface area contributed by atoms with Gasteiger partial charge in [-0.25, -0.2) is 0 Å². The monoisotopic (exact) mass is 294 g/mol. The van der Waals surface area contributed by atoms with Crippen LogP contribution in [-0.4, -0.2) is 21.9 Å². The van der Waals surface area contributed by atoms with Gasteiger partial charge in [0.25, 0.3) is 0 Å². The lowest BCUT2D eigenvalue weighted by Gasteiger charge is -2.05. The summed E-state index contributed by atoms with van der Waals surface area (Å²) >= 11 is 11.0. The molecule has 0 spiro atoms. The van der Waals surface area contributed by atoms with E-state index in [0.717, 1.165) is 22.1 Å². The van der Waals surface area contributed by atoms with Crippen LogP contribution in [0.3, 0.4) is 0 Å². The minimum absolute atomic E-state index is 0.549. The Kier molecular flexibility index (Phi) is 4.39. The molecule has 0 saturated carbocycles.